The molecule has 4 nitrogen and oxygen atoms in total. The van der Waals surface area contributed by atoms with Crippen LogP contribution in [0.4, 0.5) is 4.39 Å². The molecule has 0 aliphatic rings. The summed E-state index contributed by atoms with van der Waals surface area (Å²) in [5.41, 5.74) is 8.69. The fraction of sp³-hybridized carbons (Fsp3) is 0.364. The molecule has 94 valence electrons. The highest BCUT2D eigenvalue weighted by Gasteiger charge is 2.16. The number of halogens is 2. The van der Waals surface area contributed by atoms with Crippen LogP contribution in [0.2, 0.25) is 0 Å². The molecule has 0 fully saturated rings. The number of nitrogens with one attached hydrogen (secondary N) is 1. The molecule has 1 aromatic rings. The minimum absolute atomic E-state index is 0.0333. The van der Waals surface area contributed by atoms with Gasteiger partial charge in [0, 0.05) is 36.6 Å². The molecule has 0 saturated carbocycles. The van der Waals surface area contributed by atoms with Crippen LogP contribution in [0.25, 0.3) is 0 Å². The fourth-order valence-electron chi connectivity index (χ4n) is 1.40. The van der Waals surface area contributed by atoms with Crippen molar-refractivity contribution in [1.82, 2.24) is 10.4 Å². The molecule has 0 aliphatic carbocycles. The van der Waals surface area contributed by atoms with Gasteiger partial charge in [-0.15, -0.1) is 0 Å². The van der Waals surface area contributed by atoms with Crippen molar-refractivity contribution in [3.8, 4) is 0 Å². The zero-order chi connectivity index (χ0) is 13.0. The summed E-state index contributed by atoms with van der Waals surface area (Å²) in [6.45, 7) is 0. The van der Waals surface area contributed by atoms with Crippen molar-refractivity contribution in [1.29, 1.82) is 0 Å². The van der Waals surface area contributed by atoms with Gasteiger partial charge in [-0.2, -0.15) is 0 Å². The van der Waals surface area contributed by atoms with E-state index < -0.39 is 11.9 Å². The smallest absolute Gasteiger partial charge is 0.236 e. The lowest BCUT2D eigenvalue weighted by molar-refractivity contribution is -0.125. The Balaban J connectivity index is 2.72. The number of carbonyl (C=O) groups excluding carboxylic acids is 1. The Hall–Kier alpha value is -0.980. The first-order chi connectivity index (χ1) is 7.90. The van der Waals surface area contributed by atoms with Gasteiger partial charge in [0.1, 0.15) is 5.82 Å². The summed E-state index contributed by atoms with van der Waals surface area (Å²) >= 11 is 3.24. The van der Waals surface area contributed by atoms with Crippen LogP contribution in [-0.4, -0.2) is 25.0 Å². The summed E-state index contributed by atoms with van der Waals surface area (Å²) < 4.78 is 14.2. The summed E-state index contributed by atoms with van der Waals surface area (Å²) in [5.74, 6) is -0.653. The van der Waals surface area contributed by atoms with Crippen LogP contribution in [-0.2, 0) is 4.79 Å². The molecular formula is C11H15BrFN3O. The van der Waals surface area contributed by atoms with Crippen LogP contribution in [0.15, 0.2) is 22.7 Å². The van der Waals surface area contributed by atoms with Crippen LogP contribution >= 0.6 is 15.9 Å². The van der Waals surface area contributed by atoms with E-state index in [0.717, 1.165) is 4.47 Å². The van der Waals surface area contributed by atoms with Crippen LogP contribution in [0.1, 0.15) is 18.0 Å². The molecule has 1 atom stereocenters. The lowest BCUT2D eigenvalue weighted by atomic mass is 10.0. The third-order valence-electron chi connectivity index (χ3n) is 2.11. The minimum Gasteiger partial charge on any atom is -0.323 e. The topological polar surface area (TPSA) is 58.4 Å². The Morgan fingerprint density at radius 1 is 1.59 bits per heavy atom. The second kappa shape index (κ2) is 6.09. The maximum Gasteiger partial charge on any atom is 0.236 e. The molecule has 1 amide bonds. The van der Waals surface area contributed by atoms with Crippen LogP contribution < -0.4 is 11.2 Å². The van der Waals surface area contributed by atoms with E-state index in [1.807, 2.05) is 0 Å². The maximum atomic E-state index is 13.5. The Morgan fingerprint density at radius 3 is 2.82 bits per heavy atom. The number of hydrogen-bond donors (Lipinski definition) is 2. The van der Waals surface area contributed by atoms with Crippen LogP contribution in [0.5, 0.6) is 0 Å². The summed E-state index contributed by atoms with van der Waals surface area (Å²) in [7, 11) is 3.40. The van der Waals surface area contributed by atoms with Crippen molar-refractivity contribution in [3.63, 3.8) is 0 Å². The Kier molecular flexibility index (Phi) is 5.04. The van der Waals surface area contributed by atoms with Crippen LogP contribution in [0.3, 0.4) is 0 Å². The van der Waals surface area contributed by atoms with Crippen molar-refractivity contribution in [3.05, 3.63) is 34.1 Å². The molecule has 1 aromatic carbocycles. The van der Waals surface area contributed by atoms with E-state index in [1.165, 1.54) is 11.1 Å². The second-order valence-corrected chi connectivity index (χ2v) is 4.82. The van der Waals surface area contributed by atoms with E-state index in [-0.39, 0.29) is 12.3 Å². The second-order valence-electron chi connectivity index (χ2n) is 3.91. The van der Waals surface area contributed by atoms with E-state index >= 15 is 0 Å². The lowest BCUT2D eigenvalue weighted by Crippen LogP contribution is -2.37. The third kappa shape index (κ3) is 4.41. The predicted octanol–water partition coefficient (Wildman–Crippen LogP) is 1.57. The number of rotatable bonds is 4. The number of nitrogens with two attached hydrogens (primary N) is 1. The van der Waals surface area contributed by atoms with Gasteiger partial charge in [-0.3, -0.25) is 10.2 Å². The molecule has 0 heterocycles. The van der Waals surface area contributed by atoms with Gasteiger partial charge in [0.25, 0.3) is 0 Å². The Morgan fingerprint density at radius 2 is 2.24 bits per heavy atom. The molecule has 3 N–H and O–H groups in total. The predicted molar refractivity (Wildman–Crippen MR) is 67.5 cm³/mol. The van der Waals surface area contributed by atoms with E-state index in [0.29, 0.717) is 5.56 Å². The van der Waals surface area contributed by atoms with Gasteiger partial charge < -0.3 is 5.73 Å². The van der Waals surface area contributed by atoms with Crippen molar-refractivity contribution in [2.45, 2.75) is 12.5 Å². The first kappa shape index (κ1) is 14.1. The monoisotopic (exact) mass is 303 g/mol. The zero-order valence-corrected chi connectivity index (χ0v) is 11.3. The molecule has 1 unspecified atom stereocenters. The maximum absolute atomic E-state index is 13.5. The molecule has 0 saturated heterocycles. The third-order valence-corrected chi connectivity index (χ3v) is 2.60. The van der Waals surface area contributed by atoms with Crippen molar-refractivity contribution >= 4 is 21.8 Å². The molecule has 0 radical (unpaired) electrons. The number of benzene rings is 1. The van der Waals surface area contributed by atoms with E-state index in [4.69, 9.17) is 5.73 Å². The lowest BCUT2D eigenvalue weighted by Gasteiger charge is -2.16. The van der Waals surface area contributed by atoms with Gasteiger partial charge in [0.05, 0.1) is 0 Å². The minimum atomic E-state index is -0.660. The quantitative estimate of drug-likeness (QED) is 0.830. The van der Waals surface area contributed by atoms with Crippen LogP contribution in [0, 0.1) is 5.82 Å². The Labute approximate surface area is 108 Å². The standard InChI is InChI=1S/C11H15BrFN3O/c1-16(2)15-11(17)6-10(14)8-5-7(12)3-4-9(8)13/h3-5,10H,6,14H2,1-2H3,(H,15,17). The highest BCUT2D eigenvalue weighted by Crippen LogP contribution is 2.22. The first-order valence-corrected chi connectivity index (χ1v) is 5.86. The molecule has 0 bridgehead atoms. The molecule has 6 heteroatoms. The molecule has 17 heavy (non-hydrogen) atoms. The Bertz CT molecular complexity index is 412. The summed E-state index contributed by atoms with van der Waals surface area (Å²) in [6.07, 6.45) is 0.0333. The summed E-state index contributed by atoms with van der Waals surface area (Å²) in [6, 6.07) is 3.84. The average molecular weight is 304 g/mol. The number of hydrazine groups is 1. The largest absolute Gasteiger partial charge is 0.323 e. The van der Waals surface area contributed by atoms with Gasteiger partial charge in [0.2, 0.25) is 5.91 Å². The number of hydrogen-bond acceptors (Lipinski definition) is 3. The molecule has 0 spiro atoms. The van der Waals surface area contributed by atoms with Crippen molar-refractivity contribution < 1.29 is 9.18 Å². The zero-order valence-electron chi connectivity index (χ0n) is 9.71. The molecular weight excluding hydrogens is 289 g/mol. The van der Waals surface area contributed by atoms with E-state index in [1.54, 1.807) is 26.2 Å². The molecule has 1 rings (SSSR count). The normalized spacial score (nSPS) is 12.6. The molecule has 0 aromatic heterocycles. The van der Waals surface area contributed by atoms with Gasteiger partial charge in [0.15, 0.2) is 0 Å². The summed E-state index contributed by atoms with van der Waals surface area (Å²) in [4.78, 5) is 11.5. The van der Waals surface area contributed by atoms with Gasteiger partial charge in [-0.05, 0) is 18.2 Å². The van der Waals surface area contributed by atoms with E-state index in [9.17, 15) is 9.18 Å². The summed E-state index contributed by atoms with van der Waals surface area (Å²) in [5, 5.41) is 1.52. The fourth-order valence-corrected chi connectivity index (χ4v) is 1.78. The number of nitrogens with zero attached hydrogens (tertiary/aromatic N) is 1. The van der Waals surface area contributed by atoms with Crippen molar-refractivity contribution in [2.24, 2.45) is 5.73 Å². The van der Waals surface area contributed by atoms with E-state index in [2.05, 4.69) is 21.4 Å². The van der Waals surface area contributed by atoms with Gasteiger partial charge in [-0.1, -0.05) is 15.9 Å². The van der Waals surface area contributed by atoms with Gasteiger partial charge >= 0.3 is 0 Å². The highest BCUT2D eigenvalue weighted by molar-refractivity contribution is 9.10. The van der Waals surface area contributed by atoms with Crippen molar-refractivity contribution in [2.75, 3.05) is 14.1 Å². The SMILES string of the molecule is CN(C)NC(=O)CC(N)c1cc(Br)ccc1F. The van der Waals surface area contributed by atoms with Gasteiger partial charge in [-0.25, -0.2) is 9.40 Å². The molecule has 0 aliphatic heterocycles. The average Bonchev–Trinajstić information content (AvgIpc) is 2.20. The highest BCUT2D eigenvalue weighted by atomic mass is 79.9. The number of carbonyl (C=O) groups is 1. The first-order valence-electron chi connectivity index (χ1n) is 5.07. The number of amides is 1.